The zero-order chi connectivity index (χ0) is 17.9. The first kappa shape index (κ1) is 18.1. The maximum Gasteiger partial charge on any atom is 0.416 e. The standard InChI is InChI=1S/C16H15F4N3OS/c17-12-5-22-15(23-6-12)25-14-8-21-7-13(14)24-9-10-1-3-11(4-2-10)16(18,19)20/h1-6,13-14,21H,7-9H2/t13-,14-/m1/s1. The molecule has 0 saturated carbocycles. The van der Waals surface area contributed by atoms with Crippen LogP contribution in [0.5, 0.6) is 0 Å². The fourth-order valence-corrected chi connectivity index (χ4v) is 3.43. The van der Waals surface area contributed by atoms with Crippen LogP contribution in [0.1, 0.15) is 11.1 Å². The molecule has 1 N–H and O–H groups in total. The summed E-state index contributed by atoms with van der Waals surface area (Å²) < 4.78 is 56.3. The molecular formula is C16H15F4N3OS. The highest BCUT2D eigenvalue weighted by molar-refractivity contribution is 7.99. The highest BCUT2D eigenvalue weighted by Crippen LogP contribution is 2.30. The molecule has 1 aromatic carbocycles. The Morgan fingerprint density at radius 2 is 1.80 bits per heavy atom. The summed E-state index contributed by atoms with van der Waals surface area (Å²) in [4.78, 5) is 7.83. The number of ether oxygens (including phenoxy) is 1. The van der Waals surface area contributed by atoms with Crippen LogP contribution in [-0.2, 0) is 17.5 Å². The van der Waals surface area contributed by atoms with E-state index in [-0.39, 0.29) is 18.0 Å². The van der Waals surface area contributed by atoms with Gasteiger partial charge in [-0.25, -0.2) is 14.4 Å². The average Bonchev–Trinajstić information content (AvgIpc) is 3.02. The van der Waals surface area contributed by atoms with Crippen LogP contribution in [0.15, 0.2) is 41.8 Å². The topological polar surface area (TPSA) is 47.0 Å². The van der Waals surface area contributed by atoms with Gasteiger partial charge in [0.05, 0.1) is 35.9 Å². The zero-order valence-electron chi connectivity index (χ0n) is 13.0. The number of nitrogens with zero attached hydrogens (tertiary/aromatic N) is 2. The Hall–Kier alpha value is -1.71. The molecule has 2 atom stereocenters. The number of nitrogens with one attached hydrogen (secondary N) is 1. The van der Waals surface area contributed by atoms with Crippen molar-refractivity contribution in [3.63, 3.8) is 0 Å². The molecule has 134 valence electrons. The Bertz CT molecular complexity index is 694. The minimum atomic E-state index is -4.34. The van der Waals surface area contributed by atoms with Gasteiger partial charge in [-0.05, 0) is 17.7 Å². The van der Waals surface area contributed by atoms with Gasteiger partial charge in [0.1, 0.15) is 0 Å². The van der Waals surface area contributed by atoms with Crippen molar-refractivity contribution in [3.8, 4) is 0 Å². The molecule has 1 aliphatic rings. The van der Waals surface area contributed by atoms with Gasteiger partial charge in [0.25, 0.3) is 0 Å². The summed E-state index contributed by atoms with van der Waals surface area (Å²) >= 11 is 1.38. The third-order valence-corrected chi connectivity index (χ3v) is 4.90. The third kappa shape index (κ3) is 4.90. The van der Waals surface area contributed by atoms with Crippen LogP contribution < -0.4 is 5.32 Å². The van der Waals surface area contributed by atoms with Gasteiger partial charge in [-0.2, -0.15) is 13.2 Å². The van der Waals surface area contributed by atoms with Crippen molar-refractivity contribution in [1.29, 1.82) is 0 Å². The van der Waals surface area contributed by atoms with Crippen molar-refractivity contribution in [1.82, 2.24) is 15.3 Å². The minimum absolute atomic E-state index is 0.0416. The number of alkyl halides is 3. The van der Waals surface area contributed by atoms with E-state index in [1.807, 2.05) is 0 Å². The molecule has 0 bridgehead atoms. The summed E-state index contributed by atoms with van der Waals surface area (Å²) in [5, 5.41) is 3.69. The predicted molar refractivity (Wildman–Crippen MR) is 84.5 cm³/mol. The second-order valence-electron chi connectivity index (χ2n) is 5.54. The molecule has 1 saturated heterocycles. The average molecular weight is 373 g/mol. The lowest BCUT2D eigenvalue weighted by molar-refractivity contribution is -0.137. The van der Waals surface area contributed by atoms with Crippen LogP contribution in [0.2, 0.25) is 0 Å². The highest BCUT2D eigenvalue weighted by Gasteiger charge is 2.31. The number of hydrogen-bond donors (Lipinski definition) is 1. The first-order valence-electron chi connectivity index (χ1n) is 7.54. The van der Waals surface area contributed by atoms with Gasteiger partial charge in [-0.3, -0.25) is 0 Å². The first-order chi connectivity index (χ1) is 11.9. The number of aromatic nitrogens is 2. The molecule has 0 spiro atoms. The van der Waals surface area contributed by atoms with Crippen molar-refractivity contribution in [3.05, 3.63) is 53.6 Å². The molecule has 4 nitrogen and oxygen atoms in total. The summed E-state index contributed by atoms with van der Waals surface area (Å²) in [5.41, 5.74) is -0.0117. The van der Waals surface area contributed by atoms with Crippen LogP contribution in [0.4, 0.5) is 17.6 Å². The molecule has 0 unspecified atom stereocenters. The van der Waals surface area contributed by atoms with Crippen LogP contribution in [-0.4, -0.2) is 34.4 Å². The van der Waals surface area contributed by atoms with Crippen LogP contribution in [0.25, 0.3) is 0 Å². The van der Waals surface area contributed by atoms with E-state index in [0.717, 1.165) is 24.5 Å². The Morgan fingerprint density at radius 3 is 2.44 bits per heavy atom. The quantitative estimate of drug-likeness (QED) is 0.644. The van der Waals surface area contributed by atoms with E-state index in [0.29, 0.717) is 23.8 Å². The molecule has 0 aliphatic carbocycles. The monoisotopic (exact) mass is 373 g/mol. The summed E-state index contributed by atoms with van der Waals surface area (Å²) in [6, 6.07) is 4.92. The molecule has 25 heavy (non-hydrogen) atoms. The fraction of sp³-hybridized carbons (Fsp3) is 0.375. The largest absolute Gasteiger partial charge is 0.416 e. The lowest BCUT2D eigenvalue weighted by Crippen LogP contribution is -2.25. The number of hydrogen-bond acceptors (Lipinski definition) is 5. The van der Waals surface area contributed by atoms with Crippen molar-refractivity contribution >= 4 is 11.8 Å². The highest BCUT2D eigenvalue weighted by atomic mass is 32.2. The summed E-state index contributed by atoms with van der Waals surface area (Å²) in [7, 11) is 0. The first-order valence-corrected chi connectivity index (χ1v) is 8.42. The number of rotatable bonds is 5. The van der Waals surface area contributed by atoms with E-state index in [1.54, 1.807) is 0 Å². The van der Waals surface area contributed by atoms with Crippen LogP contribution in [0.3, 0.4) is 0 Å². The van der Waals surface area contributed by atoms with Gasteiger partial charge < -0.3 is 10.1 Å². The van der Waals surface area contributed by atoms with Gasteiger partial charge in [-0.15, -0.1) is 0 Å². The Morgan fingerprint density at radius 1 is 1.12 bits per heavy atom. The minimum Gasteiger partial charge on any atom is -0.371 e. The van der Waals surface area contributed by atoms with Crippen LogP contribution >= 0.6 is 11.8 Å². The summed E-state index contributed by atoms with van der Waals surface area (Å²) in [6.07, 6.45) is -2.27. The van der Waals surface area contributed by atoms with Gasteiger partial charge in [0.15, 0.2) is 11.0 Å². The molecule has 9 heteroatoms. The number of benzene rings is 1. The van der Waals surface area contributed by atoms with Gasteiger partial charge in [-0.1, -0.05) is 23.9 Å². The van der Waals surface area contributed by atoms with E-state index in [1.165, 1.54) is 23.9 Å². The van der Waals surface area contributed by atoms with E-state index >= 15 is 0 Å². The molecule has 1 aliphatic heterocycles. The number of thioether (sulfide) groups is 1. The van der Waals surface area contributed by atoms with Crippen molar-refractivity contribution in [2.45, 2.75) is 29.3 Å². The smallest absolute Gasteiger partial charge is 0.371 e. The van der Waals surface area contributed by atoms with Gasteiger partial charge in [0.2, 0.25) is 0 Å². The molecule has 2 heterocycles. The molecule has 3 rings (SSSR count). The summed E-state index contributed by atoms with van der Waals surface area (Å²) in [5.74, 6) is -0.496. The second-order valence-corrected chi connectivity index (χ2v) is 6.75. The molecule has 0 radical (unpaired) electrons. The predicted octanol–water partition coefficient (Wildman–Crippen LogP) is 3.28. The van der Waals surface area contributed by atoms with Gasteiger partial charge in [0, 0.05) is 13.1 Å². The van der Waals surface area contributed by atoms with Crippen molar-refractivity contribution < 1.29 is 22.3 Å². The molecule has 1 fully saturated rings. The second kappa shape index (κ2) is 7.67. The lowest BCUT2D eigenvalue weighted by Gasteiger charge is -2.18. The third-order valence-electron chi connectivity index (χ3n) is 3.70. The maximum atomic E-state index is 12.8. The molecule has 0 amide bonds. The molecule has 1 aromatic heterocycles. The lowest BCUT2D eigenvalue weighted by atomic mass is 10.1. The number of halogens is 4. The SMILES string of the molecule is Fc1cnc(S[C@@H]2CNC[C@H]2OCc2ccc(C(F)(F)F)cc2)nc1. The normalized spacial score (nSPS) is 20.8. The van der Waals surface area contributed by atoms with Crippen LogP contribution in [0, 0.1) is 5.82 Å². The van der Waals surface area contributed by atoms with E-state index in [2.05, 4.69) is 15.3 Å². The Labute approximate surface area is 146 Å². The Balaban J connectivity index is 1.55. The van der Waals surface area contributed by atoms with Crippen molar-refractivity contribution in [2.24, 2.45) is 0 Å². The van der Waals surface area contributed by atoms with Gasteiger partial charge >= 0.3 is 6.18 Å². The maximum absolute atomic E-state index is 12.8. The van der Waals surface area contributed by atoms with E-state index < -0.39 is 17.6 Å². The van der Waals surface area contributed by atoms with Crippen molar-refractivity contribution in [2.75, 3.05) is 13.1 Å². The molecular weight excluding hydrogens is 358 g/mol. The Kier molecular flexibility index (Phi) is 5.55. The summed E-state index contributed by atoms with van der Waals surface area (Å²) in [6.45, 7) is 1.52. The van der Waals surface area contributed by atoms with E-state index in [4.69, 9.17) is 4.74 Å². The van der Waals surface area contributed by atoms with E-state index in [9.17, 15) is 17.6 Å². The fourth-order valence-electron chi connectivity index (χ4n) is 2.40. The molecule has 2 aromatic rings. The zero-order valence-corrected chi connectivity index (χ0v) is 13.8.